The summed E-state index contributed by atoms with van der Waals surface area (Å²) in [4.78, 5) is 27.6. The van der Waals surface area contributed by atoms with Gasteiger partial charge in [0.15, 0.2) is 0 Å². The molecule has 512 valence electrons. The van der Waals surface area contributed by atoms with Gasteiger partial charge in [-0.05, 0) is 214 Å². The van der Waals surface area contributed by atoms with Crippen molar-refractivity contribution in [2.75, 3.05) is 0 Å². The van der Waals surface area contributed by atoms with Crippen LogP contribution in [0.2, 0.25) is 0 Å². The van der Waals surface area contributed by atoms with Gasteiger partial charge >= 0.3 is 0 Å². The van der Waals surface area contributed by atoms with Crippen molar-refractivity contribution in [2.45, 2.75) is 0 Å². The van der Waals surface area contributed by atoms with Gasteiger partial charge in [-0.2, -0.15) is 0 Å². The van der Waals surface area contributed by atoms with E-state index < -0.39 is 0 Å². The summed E-state index contributed by atoms with van der Waals surface area (Å²) in [6.45, 7) is 0. The fraction of sp³-hybridized carbons (Fsp3) is 0. The molecule has 0 atom stereocenters. The summed E-state index contributed by atoms with van der Waals surface area (Å²) in [5.74, 6) is 0. The smallest absolute Gasteiger partial charge is 0.0722 e. The van der Waals surface area contributed by atoms with Gasteiger partial charge < -0.3 is 0 Å². The number of hydrogen-bond donors (Lipinski definition) is 0. The molecule has 0 bridgehead atoms. The molecular weight excluding hydrogens is 1330 g/mol. The Hall–Kier alpha value is -14.7. The first-order valence-corrected chi connectivity index (χ1v) is 37.3. The van der Waals surface area contributed by atoms with Crippen LogP contribution in [-0.2, 0) is 0 Å². The average Bonchev–Trinajstić information content (AvgIpc) is 0.729. The largest absolute Gasteiger partial charge is 0.265 e. The Labute approximate surface area is 635 Å². The summed E-state index contributed by atoms with van der Waals surface area (Å²) in [5, 5.41) is 25.4. The van der Waals surface area contributed by atoms with Gasteiger partial charge in [-0.1, -0.05) is 291 Å². The highest BCUT2D eigenvalue weighted by Gasteiger charge is 2.22. The molecule has 6 aromatic heterocycles. The Balaban J connectivity index is 0.000000109. The Bertz CT molecular complexity index is 7090. The van der Waals surface area contributed by atoms with Crippen molar-refractivity contribution in [1.29, 1.82) is 0 Å². The molecule has 0 saturated heterocycles. The highest BCUT2D eigenvalue weighted by molar-refractivity contribution is 6.34. The molecule has 110 heavy (non-hydrogen) atoms. The van der Waals surface area contributed by atoms with Crippen molar-refractivity contribution < 1.29 is 0 Å². The van der Waals surface area contributed by atoms with Crippen LogP contribution >= 0.6 is 0 Å². The zero-order chi connectivity index (χ0) is 72.9. The number of aromatic nitrogens is 6. The van der Waals surface area contributed by atoms with E-state index in [2.05, 4.69) is 336 Å². The van der Waals surface area contributed by atoms with Crippen molar-refractivity contribution in [3.8, 4) is 101 Å². The second kappa shape index (κ2) is 28.0. The van der Waals surface area contributed by atoms with Crippen LogP contribution in [0.5, 0.6) is 0 Å². The molecule has 6 heteroatoms. The maximum Gasteiger partial charge on any atom is 0.0722 e. The summed E-state index contributed by atoms with van der Waals surface area (Å²) in [6.07, 6.45) is 10.9. The lowest BCUT2D eigenvalue weighted by atomic mass is 9.84. The Morgan fingerprint density at radius 1 is 0.136 bits per heavy atom. The van der Waals surface area contributed by atoms with Crippen LogP contribution < -0.4 is 0 Å². The van der Waals surface area contributed by atoms with Crippen molar-refractivity contribution in [3.05, 3.63) is 401 Å². The van der Waals surface area contributed by atoms with E-state index in [-0.39, 0.29) is 0 Å². The third-order valence-corrected chi connectivity index (χ3v) is 21.7. The zero-order valence-corrected chi connectivity index (χ0v) is 59.8. The van der Waals surface area contributed by atoms with E-state index in [1.54, 1.807) is 12.4 Å². The van der Waals surface area contributed by atoms with Gasteiger partial charge in [0.1, 0.15) is 0 Å². The third-order valence-electron chi connectivity index (χ3n) is 21.7. The quantitative estimate of drug-likeness (QED) is 0.106. The number of benzene rings is 16. The SMILES string of the molecule is c1cc(-c2ccncc2)nc(-c2c3ccccc3c(-c3cccc4ccccc34)c3ccccc23)c1.c1cc(-c2ccncc2)nc(-c2ccc(-c3c4ccccc4c(-c4cccc5ccccc45)c4ccccc34)cc2)c1.c1cc(-c2ccncc2)nc(-c2ccc3c4cccc5cccc(c6cccc2c63)c54)c1. The zero-order valence-electron chi connectivity index (χ0n) is 59.8. The molecule has 6 heterocycles. The standard InChI is InChI=1S/C40H26N2.C34H22N2.C30H18N2/c1-2-11-31-27(9-1)10-7-16-32(31)40-35-14-5-3-12-33(35)39(34-13-4-6-15-36(34)40)30-21-19-28(20-22-30)37-17-8-18-38(42-37)29-23-25-41-26-24-29;1-2-11-25-23(9-1)10-7-16-26(25)33-27-12-3-5-14-29(27)34(30-15-6-4-13-28(30)33)32-18-8-17-31(36-32)24-19-21-35-22-20-24;1-5-20-6-2-8-24-26-14-13-21(22-9-3-10-25(30(22)26)23(7-1)29(20)24)28-12-4-11-27(32-28)19-15-17-31-18-16-19/h1-26H;1-22H;1-18H. The topological polar surface area (TPSA) is 77.3 Å². The molecule has 22 aromatic rings. The minimum absolute atomic E-state index is 0.944. The summed E-state index contributed by atoms with van der Waals surface area (Å²) in [6, 6.07) is 130. The lowest BCUT2D eigenvalue weighted by molar-refractivity contribution is 1.29. The normalized spacial score (nSPS) is 11.5. The maximum absolute atomic E-state index is 5.14. The number of fused-ring (bicyclic) bond motifs is 8. The molecule has 0 N–H and O–H groups in total. The Morgan fingerprint density at radius 2 is 0.418 bits per heavy atom. The first kappa shape index (κ1) is 64.8. The number of hydrogen-bond acceptors (Lipinski definition) is 6. The van der Waals surface area contributed by atoms with Gasteiger partial charge in [-0.25, -0.2) is 15.0 Å². The summed E-state index contributed by atoms with van der Waals surface area (Å²) < 4.78 is 0. The molecule has 0 spiro atoms. The van der Waals surface area contributed by atoms with Gasteiger partial charge in [-0.3, -0.25) is 15.0 Å². The number of rotatable bonds is 9. The highest BCUT2D eigenvalue weighted by Crippen LogP contribution is 2.49. The predicted octanol–water partition coefficient (Wildman–Crippen LogP) is 27.4. The van der Waals surface area contributed by atoms with Crippen LogP contribution in [0.1, 0.15) is 0 Å². The summed E-state index contributed by atoms with van der Waals surface area (Å²) >= 11 is 0. The molecule has 16 aromatic carbocycles. The molecule has 0 fully saturated rings. The molecule has 0 aliphatic carbocycles. The average molecular weight is 1400 g/mol. The highest BCUT2D eigenvalue weighted by atomic mass is 14.7. The number of nitrogens with zero attached hydrogens (tertiary/aromatic N) is 6. The lowest BCUT2D eigenvalue weighted by Crippen LogP contribution is -1.94. The van der Waals surface area contributed by atoms with Crippen LogP contribution in [0.4, 0.5) is 0 Å². The van der Waals surface area contributed by atoms with Gasteiger partial charge in [0.05, 0.1) is 34.2 Å². The van der Waals surface area contributed by atoms with Gasteiger partial charge in [0.2, 0.25) is 0 Å². The Morgan fingerprint density at radius 3 is 0.873 bits per heavy atom. The van der Waals surface area contributed by atoms with Crippen LogP contribution in [-0.4, -0.2) is 29.9 Å². The van der Waals surface area contributed by atoms with E-state index in [0.29, 0.717) is 0 Å². The van der Waals surface area contributed by atoms with Crippen molar-refractivity contribution in [1.82, 2.24) is 29.9 Å². The van der Waals surface area contributed by atoms with E-state index in [1.165, 1.54) is 147 Å². The van der Waals surface area contributed by atoms with Crippen LogP contribution in [0.3, 0.4) is 0 Å². The molecule has 0 radical (unpaired) electrons. The second-order valence-electron chi connectivity index (χ2n) is 27.8. The van der Waals surface area contributed by atoms with Gasteiger partial charge in [-0.15, -0.1) is 0 Å². The van der Waals surface area contributed by atoms with E-state index in [0.717, 1.165) is 62.0 Å². The third kappa shape index (κ3) is 11.5. The van der Waals surface area contributed by atoms with E-state index in [1.807, 2.05) is 67.3 Å². The maximum atomic E-state index is 5.14. The first-order chi connectivity index (χ1) is 54.6. The molecule has 0 unspecified atom stereocenters. The second-order valence-corrected chi connectivity index (χ2v) is 27.8. The van der Waals surface area contributed by atoms with Crippen molar-refractivity contribution in [2.24, 2.45) is 0 Å². The van der Waals surface area contributed by atoms with Crippen molar-refractivity contribution >= 4 is 108 Å². The van der Waals surface area contributed by atoms with Crippen LogP contribution in [0, 0.1) is 0 Å². The summed E-state index contributed by atoms with van der Waals surface area (Å²) in [5.41, 5.74) is 19.9. The Kier molecular flexibility index (Phi) is 16.5. The molecule has 0 aliphatic rings. The fourth-order valence-electron chi connectivity index (χ4n) is 16.8. The van der Waals surface area contributed by atoms with Crippen LogP contribution in [0.15, 0.2) is 401 Å². The molecule has 0 aliphatic heterocycles. The van der Waals surface area contributed by atoms with Crippen LogP contribution in [0.25, 0.3) is 209 Å². The number of pyridine rings is 6. The fourth-order valence-corrected chi connectivity index (χ4v) is 16.8. The van der Waals surface area contributed by atoms with E-state index in [9.17, 15) is 0 Å². The molecule has 0 amide bonds. The molecule has 0 saturated carbocycles. The minimum Gasteiger partial charge on any atom is -0.265 e. The monoisotopic (exact) mass is 1400 g/mol. The van der Waals surface area contributed by atoms with E-state index in [4.69, 9.17) is 15.0 Å². The predicted molar refractivity (Wildman–Crippen MR) is 461 cm³/mol. The molecular formula is C104H66N6. The van der Waals surface area contributed by atoms with E-state index >= 15 is 0 Å². The van der Waals surface area contributed by atoms with Crippen molar-refractivity contribution in [3.63, 3.8) is 0 Å². The lowest BCUT2D eigenvalue weighted by Gasteiger charge is -2.19. The van der Waals surface area contributed by atoms with Gasteiger partial charge in [0, 0.05) is 70.6 Å². The first-order valence-electron chi connectivity index (χ1n) is 37.3. The molecule has 22 rings (SSSR count). The summed E-state index contributed by atoms with van der Waals surface area (Å²) in [7, 11) is 0. The minimum atomic E-state index is 0.944. The van der Waals surface area contributed by atoms with Gasteiger partial charge in [0.25, 0.3) is 0 Å². The molecule has 6 nitrogen and oxygen atoms in total.